The fraction of sp³-hybridized carbons (Fsp3) is 0.222. The van der Waals surface area contributed by atoms with Crippen molar-refractivity contribution in [3.63, 3.8) is 0 Å². The summed E-state index contributed by atoms with van der Waals surface area (Å²) in [5.74, 6) is -1.43. The maximum absolute atomic E-state index is 12.1. The highest BCUT2D eigenvalue weighted by molar-refractivity contribution is 7.89. The molecule has 1 N–H and O–H groups in total. The number of carbonyl (C=O) groups is 2. The molecule has 0 aliphatic heterocycles. The number of esters is 1. The van der Waals surface area contributed by atoms with Crippen molar-refractivity contribution in [1.29, 1.82) is 0 Å². The number of anilines is 1. The molecule has 0 fully saturated rings. The van der Waals surface area contributed by atoms with Crippen LogP contribution in [0.25, 0.3) is 0 Å². The Bertz CT molecular complexity index is 940. The number of hydrogen-bond donors (Lipinski definition) is 1. The van der Waals surface area contributed by atoms with Gasteiger partial charge in [-0.25, -0.2) is 13.2 Å². The number of rotatable bonds is 6. The van der Waals surface area contributed by atoms with Crippen LogP contribution in [0.1, 0.15) is 21.5 Å². The summed E-state index contributed by atoms with van der Waals surface area (Å²) in [6, 6.07) is 11.2. The Morgan fingerprint density at radius 3 is 2.54 bits per heavy atom. The number of carbonyl (C=O) groups excluding carboxylic acids is 2. The summed E-state index contributed by atoms with van der Waals surface area (Å²) < 4.78 is 27.6. The molecular weight excluding hydrogens is 378 g/mol. The summed E-state index contributed by atoms with van der Waals surface area (Å²) in [7, 11) is -3.22. The highest BCUT2D eigenvalue weighted by atomic mass is 35.5. The van der Waals surface area contributed by atoms with Crippen LogP contribution in [0, 0.1) is 6.92 Å². The third-order valence-corrected chi connectivity index (χ3v) is 4.49. The van der Waals surface area contributed by atoms with Gasteiger partial charge in [-0.15, -0.1) is 0 Å². The quantitative estimate of drug-likeness (QED) is 0.759. The van der Waals surface area contributed by atoms with E-state index in [9.17, 15) is 18.0 Å². The van der Waals surface area contributed by atoms with Gasteiger partial charge in [0.05, 0.1) is 22.0 Å². The summed E-state index contributed by atoms with van der Waals surface area (Å²) in [6.45, 7) is 1.39. The van der Waals surface area contributed by atoms with Gasteiger partial charge in [-0.3, -0.25) is 4.79 Å². The lowest BCUT2D eigenvalue weighted by atomic mass is 10.1. The second kappa shape index (κ2) is 8.33. The van der Waals surface area contributed by atoms with Crippen molar-refractivity contribution < 1.29 is 22.7 Å². The zero-order chi connectivity index (χ0) is 19.3. The van der Waals surface area contributed by atoms with Crippen LogP contribution >= 0.6 is 11.6 Å². The zero-order valence-corrected chi connectivity index (χ0v) is 15.9. The average Bonchev–Trinajstić information content (AvgIpc) is 2.54. The lowest BCUT2D eigenvalue weighted by Gasteiger charge is -2.09. The first-order chi connectivity index (χ1) is 12.1. The van der Waals surface area contributed by atoms with Crippen molar-refractivity contribution >= 4 is 39.0 Å². The van der Waals surface area contributed by atoms with Gasteiger partial charge in [0.2, 0.25) is 0 Å². The zero-order valence-electron chi connectivity index (χ0n) is 14.3. The van der Waals surface area contributed by atoms with Crippen LogP contribution in [-0.2, 0) is 25.1 Å². The van der Waals surface area contributed by atoms with E-state index in [1.54, 1.807) is 30.3 Å². The number of halogens is 1. The first kappa shape index (κ1) is 19.9. The Kier molecular flexibility index (Phi) is 6.39. The van der Waals surface area contributed by atoms with Crippen LogP contribution in [-0.4, -0.2) is 33.2 Å². The van der Waals surface area contributed by atoms with E-state index in [1.807, 2.05) is 6.92 Å². The van der Waals surface area contributed by atoms with Gasteiger partial charge in [-0.05, 0) is 42.3 Å². The summed E-state index contributed by atoms with van der Waals surface area (Å²) in [4.78, 5) is 24.0. The maximum Gasteiger partial charge on any atom is 0.338 e. The van der Waals surface area contributed by atoms with Crippen LogP contribution in [0.4, 0.5) is 5.69 Å². The summed E-state index contributed by atoms with van der Waals surface area (Å²) in [6.07, 6.45) is 1.11. The lowest BCUT2D eigenvalue weighted by Crippen LogP contribution is -2.21. The number of hydrogen-bond acceptors (Lipinski definition) is 5. The van der Waals surface area contributed by atoms with Gasteiger partial charge in [0.25, 0.3) is 5.91 Å². The SMILES string of the molecule is Cc1ccc(NC(=O)COC(=O)c2cccc(CS(C)(=O)=O)c2)c(Cl)c1. The van der Waals surface area contributed by atoms with Crippen LogP contribution in [0.5, 0.6) is 0 Å². The topological polar surface area (TPSA) is 89.5 Å². The van der Waals surface area contributed by atoms with Gasteiger partial charge < -0.3 is 10.1 Å². The van der Waals surface area contributed by atoms with Crippen LogP contribution in [0.2, 0.25) is 5.02 Å². The molecule has 0 aromatic heterocycles. The molecular formula is C18H18ClNO5S. The van der Waals surface area contributed by atoms with Crippen molar-refractivity contribution in [3.8, 4) is 0 Å². The molecule has 0 radical (unpaired) electrons. The molecule has 0 unspecified atom stereocenters. The molecule has 1 amide bonds. The minimum atomic E-state index is -3.22. The highest BCUT2D eigenvalue weighted by Crippen LogP contribution is 2.22. The Balaban J connectivity index is 1.95. The molecule has 0 saturated carbocycles. The predicted molar refractivity (Wildman–Crippen MR) is 100 cm³/mol. The second-order valence-corrected chi connectivity index (χ2v) is 8.43. The van der Waals surface area contributed by atoms with Gasteiger partial charge in [-0.2, -0.15) is 0 Å². The number of benzene rings is 2. The third kappa shape index (κ3) is 6.16. The maximum atomic E-state index is 12.1. The third-order valence-electron chi connectivity index (χ3n) is 3.32. The number of nitrogens with one attached hydrogen (secondary N) is 1. The second-order valence-electron chi connectivity index (χ2n) is 5.88. The molecule has 0 aliphatic rings. The number of sulfone groups is 1. The van der Waals surface area contributed by atoms with Gasteiger partial charge in [0, 0.05) is 6.26 Å². The summed E-state index contributed by atoms with van der Waals surface area (Å²) >= 11 is 6.03. The lowest BCUT2D eigenvalue weighted by molar-refractivity contribution is -0.119. The Morgan fingerprint density at radius 2 is 1.88 bits per heavy atom. The van der Waals surface area contributed by atoms with Gasteiger partial charge in [0.15, 0.2) is 16.4 Å². The standard InChI is InChI=1S/C18H18ClNO5S/c1-12-6-7-16(15(19)8-12)20-17(21)10-25-18(22)14-5-3-4-13(9-14)11-26(2,23)24/h3-9H,10-11H2,1-2H3,(H,20,21). The molecule has 2 rings (SSSR count). The summed E-state index contributed by atoms with van der Waals surface area (Å²) in [5.41, 5.74) is 2.02. The Hall–Kier alpha value is -2.38. The van der Waals surface area contributed by atoms with Crippen molar-refractivity contribution in [2.24, 2.45) is 0 Å². The van der Waals surface area contributed by atoms with Crippen molar-refractivity contribution in [2.45, 2.75) is 12.7 Å². The van der Waals surface area contributed by atoms with Crippen LogP contribution in [0.15, 0.2) is 42.5 Å². The number of ether oxygens (including phenoxy) is 1. The van der Waals surface area contributed by atoms with E-state index in [0.717, 1.165) is 11.8 Å². The Morgan fingerprint density at radius 1 is 1.15 bits per heavy atom. The average molecular weight is 396 g/mol. The molecule has 138 valence electrons. The van der Waals surface area contributed by atoms with E-state index in [0.29, 0.717) is 16.3 Å². The number of amides is 1. The first-order valence-corrected chi connectivity index (χ1v) is 10.1. The molecule has 0 saturated heterocycles. The molecule has 2 aromatic carbocycles. The predicted octanol–water partition coefficient (Wildman–Crippen LogP) is 2.99. The normalized spacial score (nSPS) is 11.0. The van der Waals surface area contributed by atoms with E-state index in [2.05, 4.69) is 5.32 Å². The number of aryl methyl sites for hydroxylation is 1. The van der Waals surface area contributed by atoms with Crippen molar-refractivity contribution in [1.82, 2.24) is 0 Å². The highest BCUT2D eigenvalue weighted by Gasteiger charge is 2.13. The van der Waals surface area contributed by atoms with Gasteiger partial charge >= 0.3 is 5.97 Å². The summed E-state index contributed by atoms with van der Waals surface area (Å²) in [5, 5.41) is 2.95. The molecule has 26 heavy (non-hydrogen) atoms. The van der Waals surface area contributed by atoms with E-state index < -0.39 is 28.3 Å². The Labute approximate surface area is 157 Å². The molecule has 2 aromatic rings. The smallest absolute Gasteiger partial charge is 0.338 e. The molecule has 0 spiro atoms. The van der Waals surface area contributed by atoms with Gasteiger partial charge in [0.1, 0.15) is 0 Å². The fourth-order valence-corrected chi connectivity index (χ4v) is 3.28. The molecule has 0 aliphatic carbocycles. The van der Waals surface area contributed by atoms with Crippen LogP contribution < -0.4 is 5.32 Å². The van der Waals surface area contributed by atoms with E-state index >= 15 is 0 Å². The fourth-order valence-electron chi connectivity index (χ4n) is 2.21. The molecule has 0 bridgehead atoms. The largest absolute Gasteiger partial charge is 0.452 e. The van der Waals surface area contributed by atoms with Gasteiger partial charge in [-0.1, -0.05) is 29.8 Å². The molecule has 0 atom stereocenters. The minimum Gasteiger partial charge on any atom is -0.452 e. The van der Waals surface area contributed by atoms with Crippen molar-refractivity contribution in [3.05, 3.63) is 64.2 Å². The van der Waals surface area contributed by atoms with E-state index in [-0.39, 0.29) is 11.3 Å². The van der Waals surface area contributed by atoms with E-state index in [1.165, 1.54) is 12.1 Å². The minimum absolute atomic E-state index is 0.173. The molecule has 8 heteroatoms. The first-order valence-electron chi connectivity index (χ1n) is 7.64. The van der Waals surface area contributed by atoms with E-state index in [4.69, 9.17) is 16.3 Å². The molecule has 0 heterocycles. The van der Waals surface area contributed by atoms with Crippen LogP contribution in [0.3, 0.4) is 0 Å². The van der Waals surface area contributed by atoms with Crippen molar-refractivity contribution in [2.75, 3.05) is 18.2 Å². The molecule has 6 nitrogen and oxygen atoms in total. The monoisotopic (exact) mass is 395 g/mol.